The van der Waals surface area contributed by atoms with Crippen molar-refractivity contribution in [3.63, 3.8) is 0 Å². The van der Waals surface area contributed by atoms with Crippen molar-refractivity contribution in [3.8, 4) is 0 Å². The second-order valence-electron chi connectivity index (χ2n) is 5.37. The first-order chi connectivity index (χ1) is 9.36. The second kappa shape index (κ2) is 3.96. The number of benzene rings is 2. The smallest absolute Gasteiger partial charge is 0.00733 e. The monoisotopic (exact) mass is 244 g/mol. The highest BCUT2D eigenvalue weighted by atomic mass is 14.3. The molecule has 0 bridgehead atoms. The fourth-order valence-corrected chi connectivity index (χ4v) is 3.43. The van der Waals surface area contributed by atoms with E-state index in [1.54, 1.807) is 0 Å². The Bertz CT molecular complexity index is 655. The summed E-state index contributed by atoms with van der Waals surface area (Å²) in [6.45, 7) is 2.32. The quantitative estimate of drug-likeness (QED) is 0.610. The van der Waals surface area contributed by atoms with Crippen LogP contribution < -0.4 is 0 Å². The Labute approximate surface area is 114 Å². The van der Waals surface area contributed by atoms with Crippen LogP contribution in [0.2, 0.25) is 0 Å². The zero-order valence-corrected chi connectivity index (χ0v) is 11.1. The molecule has 0 heterocycles. The summed E-state index contributed by atoms with van der Waals surface area (Å²) in [4.78, 5) is 0. The van der Waals surface area contributed by atoms with Gasteiger partial charge in [-0.3, -0.25) is 0 Å². The predicted octanol–water partition coefficient (Wildman–Crippen LogP) is 5.02. The summed E-state index contributed by atoms with van der Waals surface area (Å²) in [5.74, 6) is 0.458. The summed E-state index contributed by atoms with van der Waals surface area (Å²) in [5.41, 5.74) is 8.57. The van der Waals surface area contributed by atoms with Crippen molar-refractivity contribution in [1.29, 1.82) is 0 Å². The first kappa shape index (κ1) is 10.8. The van der Waals surface area contributed by atoms with Crippen LogP contribution in [0.15, 0.2) is 60.7 Å². The Balaban J connectivity index is 2.10. The summed E-state index contributed by atoms with van der Waals surface area (Å²) < 4.78 is 0. The van der Waals surface area contributed by atoms with Gasteiger partial charge in [-0.2, -0.15) is 0 Å². The molecule has 0 N–H and O–H groups in total. The fraction of sp³-hybridized carbons (Fsp3) is 0.158. The van der Waals surface area contributed by atoms with Gasteiger partial charge in [0.15, 0.2) is 0 Å². The molecule has 0 nitrogen and oxygen atoms in total. The van der Waals surface area contributed by atoms with Crippen LogP contribution in [0.4, 0.5) is 0 Å². The lowest BCUT2D eigenvalue weighted by molar-refractivity contribution is 0.919. The molecule has 2 aliphatic rings. The van der Waals surface area contributed by atoms with E-state index in [0.717, 1.165) is 6.42 Å². The number of rotatable bonds is 0. The molecular weight excluding hydrogens is 228 g/mol. The Morgan fingerprint density at radius 2 is 1.21 bits per heavy atom. The van der Waals surface area contributed by atoms with Crippen molar-refractivity contribution >= 4 is 11.1 Å². The summed E-state index contributed by atoms with van der Waals surface area (Å²) in [5, 5.41) is 0. The molecule has 2 aromatic rings. The van der Waals surface area contributed by atoms with Gasteiger partial charge in [0.2, 0.25) is 0 Å². The molecule has 92 valence electrons. The molecule has 0 heteroatoms. The van der Waals surface area contributed by atoms with Crippen LogP contribution >= 0.6 is 0 Å². The molecule has 0 unspecified atom stereocenters. The highest BCUT2D eigenvalue weighted by molar-refractivity contribution is 6.09. The SMILES string of the molecule is CC1c2ccccc2C2=CCC=C2c2ccccc21. The molecule has 0 aromatic heterocycles. The van der Waals surface area contributed by atoms with Gasteiger partial charge in [-0.25, -0.2) is 0 Å². The highest BCUT2D eigenvalue weighted by Crippen LogP contribution is 2.46. The van der Waals surface area contributed by atoms with Crippen molar-refractivity contribution < 1.29 is 0 Å². The van der Waals surface area contributed by atoms with Crippen LogP contribution in [0.25, 0.3) is 11.1 Å². The maximum Gasteiger partial charge on any atom is 0.00733 e. The minimum Gasteiger partial charge on any atom is -0.0722 e. The van der Waals surface area contributed by atoms with Gasteiger partial charge in [-0.15, -0.1) is 0 Å². The van der Waals surface area contributed by atoms with Gasteiger partial charge in [0.05, 0.1) is 0 Å². The predicted molar refractivity (Wildman–Crippen MR) is 81.0 cm³/mol. The third-order valence-corrected chi connectivity index (χ3v) is 4.37. The lowest BCUT2D eigenvalue weighted by atomic mass is 9.89. The van der Waals surface area contributed by atoms with E-state index in [9.17, 15) is 0 Å². The van der Waals surface area contributed by atoms with Crippen LogP contribution in [0, 0.1) is 0 Å². The van der Waals surface area contributed by atoms with Crippen LogP contribution in [-0.2, 0) is 0 Å². The van der Waals surface area contributed by atoms with Crippen LogP contribution in [0.5, 0.6) is 0 Å². The van der Waals surface area contributed by atoms with E-state index in [0.29, 0.717) is 5.92 Å². The normalized spacial score (nSPS) is 16.9. The molecule has 0 saturated heterocycles. The van der Waals surface area contributed by atoms with E-state index in [-0.39, 0.29) is 0 Å². The first-order valence-corrected chi connectivity index (χ1v) is 6.95. The molecule has 0 amide bonds. The van der Waals surface area contributed by atoms with Crippen molar-refractivity contribution in [2.45, 2.75) is 19.3 Å². The van der Waals surface area contributed by atoms with Crippen molar-refractivity contribution in [1.82, 2.24) is 0 Å². The number of hydrogen-bond acceptors (Lipinski definition) is 0. The van der Waals surface area contributed by atoms with Gasteiger partial charge in [0, 0.05) is 5.92 Å². The maximum absolute atomic E-state index is 2.36. The molecule has 19 heavy (non-hydrogen) atoms. The van der Waals surface area contributed by atoms with Gasteiger partial charge in [0.25, 0.3) is 0 Å². The molecule has 0 atom stereocenters. The van der Waals surface area contributed by atoms with Crippen LogP contribution in [-0.4, -0.2) is 0 Å². The molecule has 0 aliphatic heterocycles. The average molecular weight is 244 g/mol. The van der Waals surface area contributed by atoms with E-state index >= 15 is 0 Å². The lowest BCUT2D eigenvalue weighted by Crippen LogP contribution is -1.98. The van der Waals surface area contributed by atoms with Gasteiger partial charge < -0.3 is 0 Å². The van der Waals surface area contributed by atoms with Crippen molar-refractivity contribution in [3.05, 3.63) is 82.9 Å². The zero-order chi connectivity index (χ0) is 12.8. The van der Waals surface area contributed by atoms with Gasteiger partial charge >= 0.3 is 0 Å². The average Bonchev–Trinajstić information content (AvgIpc) is 2.92. The molecular formula is C19H16. The topological polar surface area (TPSA) is 0 Å². The largest absolute Gasteiger partial charge is 0.0722 e. The minimum absolute atomic E-state index is 0.458. The van der Waals surface area contributed by atoms with Crippen LogP contribution in [0.3, 0.4) is 0 Å². The summed E-state index contributed by atoms with van der Waals surface area (Å²) in [6, 6.07) is 17.7. The Morgan fingerprint density at radius 3 is 1.74 bits per heavy atom. The molecule has 0 spiro atoms. The first-order valence-electron chi connectivity index (χ1n) is 6.95. The molecule has 4 rings (SSSR count). The van der Waals surface area contributed by atoms with Crippen molar-refractivity contribution in [2.75, 3.05) is 0 Å². The van der Waals surface area contributed by atoms with Crippen molar-refractivity contribution in [2.24, 2.45) is 0 Å². The van der Waals surface area contributed by atoms with Crippen LogP contribution in [0.1, 0.15) is 41.5 Å². The molecule has 0 radical (unpaired) electrons. The third-order valence-electron chi connectivity index (χ3n) is 4.37. The highest BCUT2D eigenvalue weighted by Gasteiger charge is 2.26. The zero-order valence-electron chi connectivity index (χ0n) is 11.1. The van der Waals surface area contributed by atoms with E-state index in [1.807, 2.05) is 0 Å². The second-order valence-corrected chi connectivity index (χ2v) is 5.37. The van der Waals surface area contributed by atoms with E-state index in [4.69, 9.17) is 0 Å². The third kappa shape index (κ3) is 1.46. The van der Waals surface area contributed by atoms with E-state index in [2.05, 4.69) is 67.6 Å². The standard InChI is InChI=1S/C19H16/c1-13-14-7-2-4-9-16(14)18-11-6-12-19(18)17-10-5-3-8-15(13)17/h2-5,7-13H,6H2,1H3. The number of fused-ring (bicyclic) bond motifs is 5. The molecule has 0 fully saturated rings. The summed E-state index contributed by atoms with van der Waals surface area (Å²) in [7, 11) is 0. The molecule has 0 saturated carbocycles. The Morgan fingerprint density at radius 1 is 0.737 bits per heavy atom. The summed E-state index contributed by atoms with van der Waals surface area (Å²) >= 11 is 0. The number of hydrogen-bond donors (Lipinski definition) is 0. The molecule has 2 aromatic carbocycles. The Hall–Kier alpha value is -2.08. The van der Waals surface area contributed by atoms with E-state index < -0.39 is 0 Å². The minimum atomic E-state index is 0.458. The Kier molecular flexibility index (Phi) is 2.25. The van der Waals surface area contributed by atoms with E-state index in [1.165, 1.54) is 33.4 Å². The molecule has 2 aliphatic carbocycles. The maximum atomic E-state index is 2.36. The number of allylic oxidation sites excluding steroid dienone is 4. The summed E-state index contributed by atoms with van der Waals surface area (Å²) in [6.07, 6.45) is 5.79. The van der Waals surface area contributed by atoms with Gasteiger partial charge in [-0.05, 0) is 39.8 Å². The van der Waals surface area contributed by atoms with Gasteiger partial charge in [-0.1, -0.05) is 67.6 Å². The van der Waals surface area contributed by atoms with Gasteiger partial charge in [0.1, 0.15) is 0 Å². The fourth-order valence-electron chi connectivity index (χ4n) is 3.43. The lowest BCUT2D eigenvalue weighted by Gasteiger charge is -2.15.